The molecule has 0 radical (unpaired) electrons. The molecule has 5 heteroatoms. The zero-order chi connectivity index (χ0) is 15.4. The van der Waals surface area contributed by atoms with Crippen LogP contribution in [0.25, 0.3) is 0 Å². The Morgan fingerprint density at radius 2 is 2.00 bits per heavy atom. The van der Waals surface area contributed by atoms with Gasteiger partial charge < -0.3 is 4.90 Å². The van der Waals surface area contributed by atoms with Crippen molar-refractivity contribution in [2.24, 2.45) is 0 Å². The molecular formula is C16H13ClN2O2. The normalized spacial score (nSPS) is 9.95. The molecule has 21 heavy (non-hydrogen) atoms. The van der Waals surface area contributed by atoms with Crippen molar-refractivity contribution < 1.29 is 4.79 Å². The van der Waals surface area contributed by atoms with Crippen molar-refractivity contribution in [3.05, 3.63) is 63.5 Å². The van der Waals surface area contributed by atoms with Crippen molar-refractivity contribution in [2.45, 2.75) is 6.54 Å². The largest absolute Gasteiger partial charge is 0.309 e. The summed E-state index contributed by atoms with van der Waals surface area (Å²) in [6, 6.07) is 11.4. The van der Waals surface area contributed by atoms with Crippen molar-refractivity contribution >= 4 is 23.2 Å². The summed E-state index contributed by atoms with van der Waals surface area (Å²) in [5.74, 6) is 2.03. The Balaban J connectivity index is 2.46. The number of benzene rings is 1. The molecule has 0 fully saturated rings. The lowest BCUT2D eigenvalue weighted by Crippen LogP contribution is -2.33. The highest BCUT2D eigenvalue weighted by Crippen LogP contribution is 2.25. The topological polar surface area (TPSA) is 42.3 Å². The van der Waals surface area contributed by atoms with E-state index in [1.165, 1.54) is 21.6 Å². The van der Waals surface area contributed by atoms with Crippen molar-refractivity contribution in [2.75, 3.05) is 11.9 Å². The predicted molar refractivity (Wildman–Crippen MR) is 83.7 cm³/mol. The number of nitrogens with zero attached hydrogens (tertiary/aromatic N) is 2. The van der Waals surface area contributed by atoms with Crippen LogP contribution in [0.2, 0.25) is 5.02 Å². The fourth-order valence-corrected chi connectivity index (χ4v) is 2.23. The maximum atomic E-state index is 12.6. The zero-order valence-corrected chi connectivity index (χ0v) is 12.2. The Kier molecular flexibility index (Phi) is 4.46. The van der Waals surface area contributed by atoms with E-state index in [2.05, 4.69) is 5.92 Å². The Labute approximate surface area is 127 Å². The number of carbonyl (C=O) groups excluding carboxylic acids is 1. The lowest BCUT2D eigenvalue weighted by molar-refractivity contribution is 0.0983. The first kappa shape index (κ1) is 14.9. The second-order valence-electron chi connectivity index (χ2n) is 4.36. The molecule has 0 N–H and O–H groups in total. The van der Waals surface area contributed by atoms with Crippen molar-refractivity contribution in [3.8, 4) is 12.3 Å². The van der Waals surface area contributed by atoms with Gasteiger partial charge in [-0.05, 0) is 18.2 Å². The monoisotopic (exact) mass is 300 g/mol. The number of para-hydroxylation sites is 1. The van der Waals surface area contributed by atoms with Gasteiger partial charge in [-0.3, -0.25) is 14.2 Å². The van der Waals surface area contributed by atoms with E-state index < -0.39 is 0 Å². The van der Waals surface area contributed by atoms with Crippen molar-refractivity contribution in [1.29, 1.82) is 0 Å². The van der Waals surface area contributed by atoms with Crippen LogP contribution in [-0.4, -0.2) is 17.5 Å². The number of terminal acetylenes is 1. The number of hydrogen-bond donors (Lipinski definition) is 0. The number of halogens is 1. The minimum absolute atomic E-state index is 0.0388. The Bertz CT molecular complexity index is 774. The third kappa shape index (κ3) is 2.99. The molecule has 0 saturated carbocycles. The van der Waals surface area contributed by atoms with E-state index in [-0.39, 0.29) is 23.7 Å². The van der Waals surface area contributed by atoms with Gasteiger partial charge in [0.1, 0.15) is 5.69 Å². The molecule has 0 atom stereocenters. The molecule has 1 aromatic carbocycles. The molecule has 0 saturated heterocycles. The van der Waals surface area contributed by atoms with Gasteiger partial charge in [-0.15, -0.1) is 6.42 Å². The molecule has 0 aliphatic carbocycles. The van der Waals surface area contributed by atoms with Crippen LogP contribution in [0.3, 0.4) is 0 Å². The van der Waals surface area contributed by atoms with Gasteiger partial charge in [0, 0.05) is 13.1 Å². The minimum Gasteiger partial charge on any atom is -0.309 e. The summed E-state index contributed by atoms with van der Waals surface area (Å²) in [6.45, 7) is 0.0388. The second kappa shape index (κ2) is 6.29. The summed E-state index contributed by atoms with van der Waals surface area (Å²) in [5, 5.41) is 0.454. The summed E-state index contributed by atoms with van der Waals surface area (Å²) in [5.41, 5.74) is 0.474. The van der Waals surface area contributed by atoms with Gasteiger partial charge in [0.25, 0.3) is 11.5 Å². The lowest BCUT2D eigenvalue weighted by atomic mass is 10.2. The molecule has 0 aliphatic rings. The van der Waals surface area contributed by atoms with Crippen LogP contribution in [0.1, 0.15) is 10.5 Å². The van der Waals surface area contributed by atoms with Crippen molar-refractivity contribution in [3.63, 3.8) is 0 Å². The average Bonchev–Trinajstić information content (AvgIpc) is 2.48. The molecule has 1 aromatic heterocycles. The summed E-state index contributed by atoms with van der Waals surface area (Å²) in [6.07, 6.45) is 5.25. The van der Waals surface area contributed by atoms with Gasteiger partial charge in [-0.25, -0.2) is 0 Å². The molecule has 0 unspecified atom stereocenters. The highest BCUT2D eigenvalue weighted by atomic mass is 35.5. The summed E-state index contributed by atoms with van der Waals surface area (Å²) >= 11 is 6.09. The van der Waals surface area contributed by atoms with Crippen LogP contribution in [0.15, 0.2) is 47.3 Å². The smallest absolute Gasteiger partial charge is 0.274 e. The Hall–Kier alpha value is -2.51. The molecular weight excluding hydrogens is 288 g/mol. The first-order valence-electron chi connectivity index (χ1n) is 6.22. The number of pyridine rings is 1. The van der Waals surface area contributed by atoms with E-state index in [0.717, 1.165) is 0 Å². The first-order chi connectivity index (χ1) is 10.1. The van der Waals surface area contributed by atoms with Gasteiger partial charge >= 0.3 is 0 Å². The molecule has 1 heterocycles. The summed E-state index contributed by atoms with van der Waals surface area (Å²) in [7, 11) is 1.60. The summed E-state index contributed by atoms with van der Waals surface area (Å²) in [4.78, 5) is 25.8. The highest BCUT2D eigenvalue weighted by molar-refractivity contribution is 6.34. The quantitative estimate of drug-likeness (QED) is 0.817. The van der Waals surface area contributed by atoms with Crippen LogP contribution in [0, 0.1) is 12.3 Å². The summed E-state index contributed by atoms with van der Waals surface area (Å²) < 4.78 is 1.26. The molecule has 106 valence electrons. The van der Waals surface area contributed by atoms with E-state index in [0.29, 0.717) is 10.7 Å². The first-order valence-corrected chi connectivity index (χ1v) is 6.60. The maximum Gasteiger partial charge on any atom is 0.274 e. The lowest BCUT2D eigenvalue weighted by Gasteiger charge is -2.20. The van der Waals surface area contributed by atoms with Gasteiger partial charge in [0.2, 0.25) is 0 Å². The number of aromatic nitrogens is 1. The van der Waals surface area contributed by atoms with Crippen LogP contribution < -0.4 is 10.5 Å². The van der Waals surface area contributed by atoms with Crippen LogP contribution in [-0.2, 0) is 6.54 Å². The maximum absolute atomic E-state index is 12.6. The SMILES string of the molecule is C#CCn1c(C(=O)N(C)c2ccccc2Cl)cccc1=O. The fourth-order valence-electron chi connectivity index (χ4n) is 1.97. The van der Waals surface area contributed by atoms with Gasteiger partial charge in [-0.1, -0.05) is 35.7 Å². The second-order valence-corrected chi connectivity index (χ2v) is 4.76. The van der Waals surface area contributed by atoms with Crippen LogP contribution >= 0.6 is 11.6 Å². The highest BCUT2D eigenvalue weighted by Gasteiger charge is 2.18. The Morgan fingerprint density at radius 3 is 2.67 bits per heavy atom. The number of rotatable bonds is 3. The molecule has 0 bridgehead atoms. The van der Waals surface area contributed by atoms with Gasteiger partial charge in [0.15, 0.2) is 0 Å². The molecule has 1 amide bonds. The third-order valence-corrected chi connectivity index (χ3v) is 3.36. The van der Waals surface area contributed by atoms with Crippen LogP contribution in [0.4, 0.5) is 5.69 Å². The van der Waals surface area contributed by atoms with E-state index in [9.17, 15) is 9.59 Å². The average molecular weight is 301 g/mol. The van der Waals surface area contributed by atoms with Crippen molar-refractivity contribution in [1.82, 2.24) is 4.57 Å². The molecule has 4 nitrogen and oxygen atoms in total. The predicted octanol–water partition coefficient (Wildman–Crippen LogP) is 2.41. The molecule has 0 aliphatic heterocycles. The molecule has 2 rings (SSSR count). The van der Waals surface area contributed by atoms with Gasteiger partial charge in [-0.2, -0.15) is 0 Å². The number of hydrogen-bond acceptors (Lipinski definition) is 2. The number of anilines is 1. The van der Waals surface area contributed by atoms with Gasteiger partial charge in [0.05, 0.1) is 17.3 Å². The number of carbonyl (C=O) groups is 1. The standard InChI is InChI=1S/C16H13ClN2O2/c1-3-11-19-14(9-6-10-15(19)20)16(21)18(2)13-8-5-4-7-12(13)17/h1,4-10H,11H2,2H3. The zero-order valence-electron chi connectivity index (χ0n) is 11.4. The molecule has 2 aromatic rings. The minimum atomic E-state index is -0.351. The fraction of sp³-hybridized carbons (Fsp3) is 0.125. The third-order valence-electron chi connectivity index (χ3n) is 3.04. The van der Waals surface area contributed by atoms with E-state index >= 15 is 0 Å². The van der Waals surface area contributed by atoms with E-state index in [1.807, 2.05) is 0 Å². The van der Waals surface area contributed by atoms with E-state index in [1.54, 1.807) is 37.4 Å². The molecule has 0 spiro atoms. The van der Waals surface area contributed by atoms with E-state index in [4.69, 9.17) is 18.0 Å². The number of amides is 1. The Morgan fingerprint density at radius 1 is 1.29 bits per heavy atom. The van der Waals surface area contributed by atoms with Crippen LogP contribution in [0.5, 0.6) is 0 Å².